The van der Waals surface area contributed by atoms with Crippen molar-refractivity contribution in [3.05, 3.63) is 134 Å². The molecule has 2 heterocycles. The predicted octanol–water partition coefficient (Wildman–Crippen LogP) is 4.65. The van der Waals surface area contributed by atoms with Gasteiger partial charge >= 0.3 is 6.09 Å². The Kier molecular flexibility index (Phi) is 6.51. The van der Waals surface area contributed by atoms with Crippen LogP contribution in [-0.2, 0) is 13.0 Å². The van der Waals surface area contributed by atoms with Crippen molar-refractivity contribution >= 4 is 11.8 Å². The Morgan fingerprint density at radius 1 is 0.973 bits per heavy atom. The van der Waals surface area contributed by atoms with Crippen LogP contribution in [0.3, 0.4) is 0 Å². The number of hydrogen-bond acceptors (Lipinski definition) is 6. The minimum atomic E-state index is -0.602. The van der Waals surface area contributed by atoms with Crippen LogP contribution in [0.25, 0.3) is 0 Å². The number of carbonyl (C=O) groups is 1. The molecule has 0 atom stereocenters. The molecular formula is C28H24N4O5. The summed E-state index contributed by atoms with van der Waals surface area (Å²) in [6.07, 6.45) is -0.262. The summed E-state index contributed by atoms with van der Waals surface area (Å²) in [6, 6.07) is 24.6. The molecule has 0 aliphatic carbocycles. The first-order chi connectivity index (χ1) is 17.9. The Labute approximate surface area is 212 Å². The average Bonchev–Trinajstić information content (AvgIpc) is 2.92. The number of hydrogen-bond donors (Lipinski definition) is 0. The summed E-state index contributed by atoms with van der Waals surface area (Å²) >= 11 is 0. The normalized spacial score (nSPS) is 12.8. The molecule has 0 unspecified atom stereocenters. The van der Waals surface area contributed by atoms with Gasteiger partial charge < -0.3 is 9.64 Å². The van der Waals surface area contributed by atoms with Gasteiger partial charge in [0.15, 0.2) is 0 Å². The van der Waals surface area contributed by atoms with E-state index in [2.05, 4.69) is 0 Å². The quantitative estimate of drug-likeness (QED) is 0.294. The molecule has 1 aromatic heterocycles. The molecular weight excluding hydrogens is 472 g/mol. The van der Waals surface area contributed by atoms with Crippen LogP contribution in [0.15, 0.2) is 89.7 Å². The summed E-state index contributed by atoms with van der Waals surface area (Å²) in [6.45, 7) is 2.23. The molecule has 0 bridgehead atoms. The summed E-state index contributed by atoms with van der Waals surface area (Å²) in [5.41, 5.74) is 2.87. The number of fused-ring (bicyclic) bond motifs is 1. The zero-order valence-corrected chi connectivity index (χ0v) is 20.1. The van der Waals surface area contributed by atoms with E-state index in [1.165, 1.54) is 29.2 Å². The van der Waals surface area contributed by atoms with Crippen LogP contribution in [0.4, 0.5) is 10.5 Å². The number of nitro groups is 1. The Bertz CT molecular complexity index is 1460. The van der Waals surface area contributed by atoms with E-state index < -0.39 is 11.0 Å². The monoisotopic (exact) mass is 496 g/mol. The summed E-state index contributed by atoms with van der Waals surface area (Å²) in [4.78, 5) is 43.1. The first kappa shape index (κ1) is 23.9. The topological polar surface area (TPSA) is 108 Å². The van der Waals surface area contributed by atoms with Gasteiger partial charge in [-0.25, -0.2) is 9.78 Å². The maximum atomic E-state index is 13.8. The van der Waals surface area contributed by atoms with Gasteiger partial charge in [-0.3, -0.25) is 19.5 Å². The molecule has 0 spiro atoms. The molecule has 5 rings (SSSR count). The third-order valence-corrected chi connectivity index (χ3v) is 6.44. The number of rotatable bonds is 5. The highest BCUT2D eigenvalue weighted by atomic mass is 16.6. The highest BCUT2D eigenvalue weighted by molar-refractivity contribution is 5.71. The van der Waals surface area contributed by atoms with Crippen molar-refractivity contribution < 1.29 is 14.5 Å². The van der Waals surface area contributed by atoms with E-state index in [4.69, 9.17) is 9.72 Å². The second-order valence-electron chi connectivity index (χ2n) is 8.77. The van der Waals surface area contributed by atoms with Crippen molar-refractivity contribution in [3.8, 4) is 5.75 Å². The number of ether oxygens (including phenoxy) is 1. The van der Waals surface area contributed by atoms with Crippen LogP contribution in [0.2, 0.25) is 0 Å². The average molecular weight is 497 g/mol. The van der Waals surface area contributed by atoms with E-state index in [0.717, 1.165) is 11.1 Å². The van der Waals surface area contributed by atoms with Crippen LogP contribution in [0, 0.1) is 17.0 Å². The van der Waals surface area contributed by atoms with E-state index in [9.17, 15) is 19.7 Å². The number of nitrogens with zero attached hydrogens (tertiary/aromatic N) is 4. The lowest BCUT2D eigenvalue weighted by atomic mass is 9.97. The fourth-order valence-corrected chi connectivity index (χ4v) is 4.64. The van der Waals surface area contributed by atoms with Crippen molar-refractivity contribution in [2.45, 2.75) is 25.9 Å². The van der Waals surface area contributed by atoms with Crippen LogP contribution in [0.5, 0.6) is 5.75 Å². The van der Waals surface area contributed by atoms with Crippen molar-refractivity contribution in [2.75, 3.05) is 6.54 Å². The molecule has 37 heavy (non-hydrogen) atoms. The highest BCUT2D eigenvalue weighted by Crippen LogP contribution is 2.28. The molecule has 3 aromatic carbocycles. The van der Waals surface area contributed by atoms with Gasteiger partial charge in [0.25, 0.3) is 11.2 Å². The number of carbonyl (C=O) groups excluding carboxylic acids is 1. The number of non-ortho nitro benzene ring substituents is 1. The Balaban J connectivity index is 1.44. The van der Waals surface area contributed by atoms with Crippen LogP contribution in [0.1, 0.15) is 34.3 Å². The van der Waals surface area contributed by atoms with Crippen LogP contribution < -0.4 is 10.3 Å². The van der Waals surface area contributed by atoms with Crippen molar-refractivity contribution in [1.29, 1.82) is 0 Å². The van der Waals surface area contributed by atoms with E-state index in [1.807, 2.05) is 60.7 Å². The second kappa shape index (κ2) is 10.1. The van der Waals surface area contributed by atoms with Gasteiger partial charge in [-0.2, -0.15) is 0 Å². The summed E-state index contributed by atoms with van der Waals surface area (Å²) in [5, 5.41) is 10.8. The van der Waals surface area contributed by atoms with Gasteiger partial charge in [0.05, 0.1) is 23.2 Å². The summed E-state index contributed by atoms with van der Waals surface area (Å²) < 4.78 is 7.13. The van der Waals surface area contributed by atoms with Crippen LogP contribution in [-0.4, -0.2) is 32.0 Å². The lowest BCUT2D eigenvalue weighted by molar-refractivity contribution is -0.384. The first-order valence-electron chi connectivity index (χ1n) is 11.8. The molecule has 0 radical (unpaired) electrons. The Morgan fingerprint density at radius 3 is 2.14 bits per heavy atom. The zero-order chi connectivity index (χ0) is 25.9. The lowest BCUT2D eigenvalue weighted by Crippen LogP contribution is -2.43. The first-order valence-corrected chi connectivity index (χ1v) is 11.8. The number of nitro benzene ring substituents is 1. The van der Waals surface area contributed by atoms with Gasteiger partial charge in [0.1, 0.15) is 11.6 Å². The Morgan fingerprint density at radius 2 is 1.57 bits per heavy atom. The van der Waals surface area contributed by atoms with Gasteiger partial charge in [-0.05, 0) is 36.6 Å². The smallest absolute Gasteiger partial charge is 0.410 e. The van der Waals surface area contributed by atoms with Gasteiger partial charge in [-0.1, -0.05) is 60.7 Å². The number of aromatic nitrogens is 2. The molecule has 9 heteroatoms. The predicted molar refractivity (Wildman–Crippen MR) is 137 cm³/mol. The van der Waals surface area contributed by atoms with E-state index in [-0.39, 0.29) is 29.6 Å². The molecule has 186 valence electrons. The minimum Gasteiger partial charge on any atom is -0.410 e. The maximum absolute atomic E-state index is 13.8. The summed E-state index contributed by atoms with van der Waals surface area (Å²) in [5.74, 6) is 0.751. The molecule has 4 aromatic rings. The molecule has 0 saturated heterocycles. The molecule has 1 amide bonds. The van der Waals surface area contributed by atoms with Crippen molar-refractivity contribution in [1.82, 2.24) is 14.5 Å². The molecule has 0 saturated carbocycles. The van der Waals surface area contributed by atoms with E-state index in [1.54, 1.807) is 11.5 Å². The van der Waals surface area contributed by atoms with Crippen molar-refractivity contribution in [2.24, 2.45) is 0 Å². The minimum absolute atomic E-state index is 0.0908. The van der Waals surface area contributed by atoms with Gasteiger partial charge in [-0.15, -0.1) is 0 Å². The molecule has 0 N–H and O–H groups in total. The second-order valence-corrected chi connectivity index (χ2v) is 8.77. The molecule has 9 nitrogen and oxygen atoms in total. The van der Waals surface area contributed by atoms with E-state index in [0.29, 0.717) is 30.0 Å². The zero-order valence-electron chi connectivity index (χ0n) is 20.1. The number of amides is 1. The number of benzene rings is 3. The largest absolute Gasteiger partial charge is 0.415 e. The van der Waals surface area contributed by atoms with Crippen molar-refractivity contribution in [3.63, 3.8) is 0 Å². The fraction of sp³-hybridized carbons (Fsp3) is 0.179. The summed E-state index contributed by atoms with van der Waals surface area (Å²) in [7, 11) is 0. The third kappa shape index (κ3) is 4.84. The van der Waals surface area contributed by atoms with E-state index >= 15 is 0 Å². The molecule has 1 aliphatic heterocycles. The number of aryl methyl sites for hydroxylation is 1. The maximum Gasteiger partial charge on any atom is 0.415 e. The van der Waals surface area contributed by atoms with Gasteiger partial charge in [0.2, 0.25) is 0 Å². The highest BCUT2D eigenvalue weighted by Gasteiger charge is 2.29. The molecule has 0 fully saturated rings. The lowest BCUT2D eigenvalue weighted by Gasteiger charge is -2.30. The standard InChI is InChI=1S/C28H24N4O5/c1-19-29-25-18-30(28(34)37-23-14-12-22(13-15-23)32(35)36)17-16-24(25)27(33)31(19)26(20-8-4-2-5-9-20)21-10-6-3-7-11-21/h2-15,26H,16-18H2,1H3. The Hall–Kier alpha value is -4.79. The third-order valence-electron chi connectivity index (χ3n) is 6.44. The van der Waals surface area contributed by atoms with Crippen LogP contribution >= 0.6 is 0 Å². The van der Waals surface area contributed by atoms with Gasteiger partial charge in [0, 0.05) is 24.2 Å². The fourth-order valence-electron chi connectivity index (χ4n) is 4.64. The SMILES string of the molecule is Cc1nc2c(c(=O)n1C(c1ccccc1)c1ccccc1)CCN(C(=O)Oc1ccc([N+](=O)[O-])cc1)C2. The molecule has 1 aliphatic rings.